The van der Waals surface area contributed by atoms with Crippen LogP contribution >= 0.6 is 0 Å². The predicted octanol–water partition coefficient (Wildman–Crippen LogP) is 2.08. The third kappa shape index (κ3) is 2.73. The largest absolute Gasteiger partial charge is 0.491 e. The fraction of sp³-hybridized carbons (Fsp3) is 0.647. The minimum atomic E-state index is -4.77. The van der Waals surface area contributed by atoms with E-state index in [9.17, 15) is 22.8 Å². The molecule has 1 aliphatic carbocycles. The Bertz CT molecular complexity index is 795. The Labute approximate surface area is 147 Å². The Morgan fingerprint density at radius 2 is 1.96 bits per heavy atom. The van der Waals surface area contributed by atoms with Crippen LogP contribution in [-0.4, -0.2) is 41.3 Å². The van der Waals surface area contributed by atoms with Crippen LogP contribution in [0.3, 0.4) is 0 Å². The number of carboxylic acid groups (broad SMARTS) is 1. The summed E-state index contributed by atoms with van der Waals surface area (Å²) in [6.07, 6.45) is -2.94. The van der Waals surface area contributed by atoms with Gasteiger partial charge >= 0.3 is 12.3 Å². The summed E-state index contributed by atoms with van der Waals surface area (Å²) in [5.74, 6) is -0.296. The molecule has 0 spiro atoms. The Kier molecular flexibility index (Phi) is 3.75. The molecule has 1 N–H and O–H groups in total. The fourth-order valence-corrected chi connectivity index (χ4v) is 4.36. The molecule has 9 heteroatoms. The predicted molar refractivity (Wildman–Crippen MR) is 88.4 cm³/mol. The van der Waals surface area contributed by atoms with E-state index < -0.39 is 17.8 Å². The van der Waals surface area contributed by atoms with Gasteiger partial charge in [-0.1, -0.05) is 0 Å². The number of pyridine rings is 1. The number of fused-ring (bicyclic) bond motifs is 1. The lowest BCUT2D eigenvalue weighted by Crippen LogP contribution is -2.49. The van der Waals surface area contributed by atoms with Crippen molar-refractivity contribution in [3.8, 4) is 0 Å². The zero-order valence-electron chi connectivity index (χ0n) is 14.2. The fourth-order valence-electron chi connectivity index (χ4n) is 4.36. The lowest BCUT2D eigenvalue weighted by molar-refractivity contribution is -0.206. The van der Waals surface area contributed by atoms with Crippen LogP contribution < -0.4 is 15.4 Å². The van der Waals surface area contributed by atoms with Crippen LogP contribution in [0.2, 0.25) is 0 Å². The minimum absolute atomic E-state index is 0.0477. The number of aliphatic carboxylic acids is 1. The molecular weight excluding hydrogens is 351 g/mol. The van der Waals surface area contributed by atoms with Gasteiger partial charge in [0.25, 0.3) is 5.56 Å². The van der Waals surface area contributed by atoms with Gasteiger partial charge in [-0.3, -0.25) is 9.59 Å². The number of hydrogen-bond donors (Lipinski definition) is 1. The van der Waals surface area contributed by atoms with Gasteiger partial charge < -0.3 is 14.9 Å². The Hall–Kier alpha value is -2.19. The van der Waals surface area contributed by atoms with E-state index in [4.69, 9.17) is 5.11 Å². The standard InChI is InChI=1S/C17H20F3N3O3/c1-9-2-3-22(9)14-4-10(6-23(16(14)26)17(18,19)20)21-7-12-11(5-15(24)25)13(12)8-21/h4,6,9,11-13H,2-3,5,7-8H2,1H3,(H,24,25). The van der Waals surface area contributed by atoms with Gasteiger partial charge in [0.2, 0.25) is 0 Å². The summed E-state index contributed by atoms with van der Waals surface area (Å²) in [7, 11) is 0. The quantitative estimate of drug-likeness (QED) is 0.878. The zero-order valence-corrected chi connectivity index (χ0v) is 14.2. The first-order valence-electron chi connectivity index (χ1n) is 8.74. The second kappa shape index (κ2) is 5.65. The topological polar surface area (TPSA) is 65.8 Å². The first-order valence-corrected chi connectivity index (χ1v) is 8.74. The van der Waals surface area contributed by atoms with Crippen LogP contribution in [0, 0.1) is 17.8 Å². The van der Waals surface area contributed by atoms with Crippen molar-refractivity contribution in [1.29, 1.82) is 0 Å². The minimum Gasteiger partial charge on any atom is -0.481 e. The first-order chi connectivity index (χ1) is 12.2. The number of piperidine rings is 1. The molecule has 3 fully saturated rings. The van der Waals surface area contributed by atoms with Crippen molar-refractivity contribution < 1.29 is 23.1 Å². The number of nitrogens with zero attached hydrogens (tertiary/aromatic N) is 3. The third-order valence-corrected chi connectivity index (χ3v) is 6.03. The van der Waals surface area contributed by atoms with Gasteiger partial charge in [0.05, 0.1) is 5.69 Å². The molecule has 142 valence electrons. The highest BCUT2D eigenvalue weighted by Gasteiger charge is 2.56. The van der Waals surface area contributed by atoms with E-state index >= 15 is 0 Å². The number of halogens is 3. The molecule has 3 unspecified atom stereocenters. The van der Waals surface area contributed by atoms with Gasteiger partial charge in [0, 0.05) is 38.3 Å². The molecule has 3 atom stereocenters. The summed E-state index contributed by atoms with van der Waals surface area (Å²) >= 11 is 0. The van der Waals surface area contributed by atoms with E-state index in [0.29, 0.717) is 25.3 Å². The average Bonchev–Trinajstić information content (AvgIpc) is 2.96. The lowest BCUT2D eigenvalue weighted by atomic mass is 10.0. The van der Waals surface area contributed by atoms with Crippen LogP contribution in [0.4, 0.5) is 24.5 Å². The van der Waals surface area contributed by atoms with Crippen molar-refractivity contribution in [2.45, 2.75) is 32.1 Å². The number of rotatable bonds is 4. The van der Waals surface area contributed by atoms with E-state index in [1.807, 2.05) is 11.8 Å². The molecule has 1 aromatic rings. The van der Waals surface area contributed by atoms with E-state index in [1.165, 1.54) is 0 Å². The SMILES string of the molecule is CC1CCN1c1cc(N2CC3C(CC(=O)O)C3C2)cn(C(F)(F)F)c1=O. The summed E-state index contributed by atoms with van der Waals surface area (Å²) < 4.78 is 39.9. The average molecular weight is 371 g/mol. The number of anilines is 2. The second-order valence-electron chi connectivity index (χ2n) is 7.55. The molecule has 6 nitrogen and oxygen atoms in total. The molecule has 0 bridgehead atoms. The van der Waals surface area contributed by atoms with Crippen LogP contribution in [0.15, 0.2) is 17.1 Å². The number of hydrogen-bond acceptors (Lipinski definition) is 4. The lowest BCUT2D eigenvalue weighted by Gasteiger charge is -2.40. The molecule has 1 aromatic heterocycles. The van der Waals surface area contributed by atoms with Gasteiger partial charge in [-0.05, 0) is 37.2 Å². The van der Waals surface area contributed by atoms with Crippen LogP contribution in [0.1, 0.15) is 19.8 Å². The van der Waals surface area contributed by atoms with Crippen LogP contribution in [0.5, 0.6) is 0 Å². The van der Waals surface area contributed by atoms with Crippen LogP contribution in [-0.2, 0) is 11.1 Å². The smallest absolute Gasteiger partial charge is 0.481 e. The van der Waals surface area contributed by atoms with Crippen molar-refractivity contribution in [2.75, 3.05) is 29.4 Å². The Morgan fingerprint density at radius 3 is 2.42 bits per heavy atom. The summed E-state index contributed by atoms with van der Waals surface area (Å²) in [5, 5.41) is 8.89. The molecule has 3 heterocycles. The maximum atomic E-state index is 13.3. The van der Waals surface area contributed by atoms with Gasteiger partial charge in [0.15, 0.2) is 0 Å². The van der Waals surface area contributed by atoms with E-state index in [-0.39, 0.29) is 40.5 Å². The number of alkyl halides is 3. The normalized spacial score (nSPS) is 30.2. The molecule has 0 radical (unpaired) electrons. The summed E-state index contributed by atoms with van der Waals surface area (Å²) in [6, 6.07) is 1.60. The molecule has 0 amide bonds. The highest BCUT2D eigenvalue weighted by molar-refractivity contribution is 5.68. The summed E-state index contributed by atoms with van der Waals surface area (Å²) in [6.45, 7) is 3.53. The van der Waals surface area contributed by atoms with Crippen molar-refractivity contribution in [2.24, 2.45) is 17.8 Å². The highest BCUT2D eigenvalue weighted by Crippen LogP contribution is 2.54. The highest BCUT2D eigenvalue weighted by atomic mass is 19.4. The van der Waals surface area contributed by atoms with Crippen molar-refractivity contribution >= 4 is 17.3 Å². The van der Waals surface area contributed by atoms with Gasteiger partial charge in [-0.15, -0.1) is 13.2 Å². The van der Waals surface area contributed by atoms with Crippen molar-refractivity contribution in [3.63, 3.8) is 0 Å². The summed E-state index contributed by atoms with van der Waals surface area (Å²) in [5.41, 5.74) is -0.584. The maximum Gasteiger partial charge on any atom is 0.491 e. The van der Waals surface area contributed by atoms with E-state index in [1.54, 1.807) is 11.0 Å². The zero-order chi connectivity index (χ0) is 18.8. The Morgan fingerprint density at radius 1 is 1.31 bits per heavy atom. The Balaban J connectivity index is 1.62. The number of aromatic nitrogens is 1. The summed E-state index contributed by atoms with van der Waals surface area (Å²) in [4.78, 5) is 26.7. The molecule has 26 heavy (non-hydrogen) atoms. The van der Waals surface area contributed by atoms with Crippen molar-refractivity contribution in [3.05, 3.63) is 22.6 Å². The van der Waals surface area contributed by atoms with Crippen molar-refractivity contribution in [1.82, 2.24) is 4.57 Å². The number of carbonyl (C=O) groups is 1. The van der Waals surface area contributed by atoms with Crippen LogP contribution in [0.25, 0.3) is 0 Å². The molecule has 2 saturated heterocycles. The first kappa shape index (κ1) is 17.2. The van der Waals surface area contributed by atoms with Gasteiger partial charge in [-0.25, -0.2) is 4.57 Å². The molecule has 3 aliphatic rings. The molecule has 2 aliphatic heterocycles. The molecule has 4 rings (SSSR count). The van der Waals surface area contributed by atoms with Gasteiger partial charge in [-0.2, -0.15) is 0 Å². The third-order valence-electron chi connectivity index (χ3n) is 6.03. The molecule has 0 aromatic carbocycles. The number of carboxylic acids is 1. The van der Waals surface area contributed by atoms with Gasteiger partial charge in [0.1, 0.15) is 5.69 Å². The monoisotopic (exact) mass is 371 g/mol. The second-order valence-corrected chi connectivity index (χ2v) is 7.55. The van der Waals surface area contributed by atoms with E-state index in [2.05, 4.69) is 0 Å². The maximum absolute atomic E-state index is 13.3. The van der Waals surface area contributed by atoms with E-state index in [0.717, 1.165) is 12.6 Å². The molecule has 1 saturated carbocycles. The molecular formula is C17H20F3N3O3.